The second-order valence-corrected chi connectivity index (χ2v) is 9.55. The molecule has 0 bridgehead atoms. The van der Waals surface area contributed by atoms with Gasteiger partial charge in [-0.2, -0.15) is 0 Å². The lowest BCUT2D eigenvalue weighted by Crippen LogP contribution is -2.32. The van der Waals surface area contributed by atoms with E-state index in [0.717, 1.165) is 36.7 Å². The van der Waals surface area contributed by atoms with Crippen molar-refractivity contribution in [1.82, 2.24) is 24.7 Å². The lowest BCUT2D eigenvalue weighted by molar-refractivity contribution is 0.292. The van der Waals surface area contributed by atoms with E-state index in [1.807, 2.05) is 12.3 Å². The normalized spacial score (nSPS) is 18.2. The molecule has 1 aromatic carbocycles. The van der Waals surface area contributed by atoms with Crippen LogP contribution in [0.4, 0.5) is 0 Å². The minimum Gasteiger partial charge on any atom is -0.352 e. The highest BCUT2D eigenvalue weighted by atomic mass is 32.1. The van der Waals surface area contributed by atoms with E-state index in [1.165, 1.54) is 28.2 Å². The molecule has 33 heavy (non-hydrogen) atoms. The Balaban J connectivity index is 1.75. The molecule has 2 atom stereocenters. The average molecular weight is 462 g/mol. The molecule has 6 heteroatoms. The fourth-order valence-electron chi connectivity index (χ4n) is 4.91. The predicted octanol–water partition coefficient (Wildman–Crippen LogP) is 4.98. The predicted molar refractivity (Wildman–Crippen MR) is 140 cm³/mol. The van der Waals surface area contributed by atoms with Crippen LogP contribution in [-0.4, -0.2) is 51.6 Å². The molecule has 0 aliphatic carbocycles. The van der Waals surface area contributed by atoms with Crippen LogP contribution in [0.1, 0.15) is 53.6 Å². The van der Waals surface area contributed by atoms with E-state index < -0.39 is 0 Å². The van der Waals surface area contributed by atoms with Gasteiger partial charge < -0.3 is 19.7 Å². The Kier molecular flexibility index (Phi) is 7.15. The molecular weight excluding hydrogens is 426 g/mol. The van der Waals surface area contributed by atoms with Gasteiger partial charge in [-0.3, -0.25) is 4.98 Å². The highest BCUT2D eigenvalue weighted by Gasteiger charge is 2.41. The van der Waals surface area contributed by atoms with Gasteiger partial charge in [-0.1, -0.05) is 25.1 Å². The van der Waals surface area contributed by atoms with Gasteiger partial charge >= 0.3 is 0 Å². The van der Waals surface area contributed by atoms with Crippen LogP contribution in [0.25, 0.3) is 5.69 Å². The second-order valence-electron chi connectivity index (χ2n) is 9.16. The lowest BCUT2D eigenvalue weighted by Gasteiger charge is -2.28. The van der Waals surface area contributed by atoms with E-state index in [9.17, 15) is 0 Å². The molecule has 0 unspecified atom stereocenters. The number of thiocarbonyl (C=S) groups is 1. The van der Waals surface area contributed by atoms with Gasteiger partial charge in [0.2, 0.25) is 0 Å². The Morgan fingerprint density at radius 3 is 2.48 bits per heavy atom. The Morgan fingerprint density at radius 1 is 1.09 bits per heavy atom. The third kappa shape index (κ3) is 4.82. The van der Waals surface area contributed by atoms with E-state index in [0.29, 0.717) is 0 Å². The number of hydrogen-bond donors (Lipinski definition) is 1. The summed E-state index contributed by atoms with van der Waals surface area (Å²) in [5, 5.41) is 4.40. The molecule has 0 radical (unpaired) electrons. The summed E-state index contributed by atoms with van der Waals surface area (Å²) in [5.74, 6) is 0. The molecule has 3 aromatic rings. The molecule has 1 aliphatic heterocycles. The topological polar surface area (TPSA) is 36.3 Å². The first kappa shape index (κ1) is 23.5. The molecule has 1 N–H and O–H groups in total. The van der Waals surface area contributed by atoms with Crippen molar-refractivity contribution in [2.24, 2.45) is 0 Å². The zero-order chi connectivity index (χ0) is 23.5. The minimum atomic E-state index is 0.0227. The minimum absolute atomic E-state index is 0.0227. The number of pyridine rings is 1. The third-order valence-electron chi connectivity index (χ3n) is 6.59. The molecule has 1 fully saturated rings. The monoisotopic (exact) mass is 461 g/mol. The molecule has 2 aromatic heterocycles. The highest BCUT2D eigenvalue weighted by Crippen LogP contribution is 2.41. The second kappa shape index (κ2) is 10.1. The molecular formula is C27H35N5S. The van der Waals surface area contributed by atoms with Crippen molar-refractivity contribution in [2.45, 2.75) is 45.7 Å². The van der Waals surface area contributed by atoms with Crippen LogP contribution in [0.3, 0.4) is 0 Å². The zero-order valence-corrected chi connectivity index (χ0v) is 21.2. The fourth-order valence-corrected chi connectivity index (χ4v) is 5.24. The molecule has 1 saturated heterocycles. The molecule has 0 amide bonds. The smallest absolute Gasteiger partial charge is 0.170 e. The van der Waals surface area contributed by atoms with Gasteiger partial charge in [0, 0.05) is 29.8 Å². The van der Waals surface area contributed by atoms with Crippen molar-refractivity contribution < 1.29 is 0 Å². The van der Waals surface area contributed by atoms with E-state index in [4.69, 9.17) is 12.2 Å². The van der Waals surface area contributed by atoms with Crippen LogP contribution in [-0.2, 0) is 6.42 Å². The van der Waals surface area contributed by atoms with E-state index in [2.05, 4.69) is 102 Å². The summed E-state index contributed by atoms with van der Waals surface area (Å²) < 4.78 is 2.36. The molecule has 174 valence electrons. The van der Waals surface area contributed by atoms with Gasteiger partial charge in [-0.25, -0.2) is 0 Å². The first-order chi connectivity index (χ1) is 15.9. The number of rotatable bonds is 8. The molecule has 5 nitrogen and oxygen atoms in total. The van der Waals surface area contributed by atoms with Crippen molar-refractivity contribution in [3.8, 4) is 5.69 Å². The van der Waals surface area contributed by atoms with Gasteiger partial charge in [0.25, 0.3) is 0 Å². The summed E-state index contributed by atoms with van der Waals surface area (Å²) in [7, 11) is 4.23. The van der Waals surface area contributed by atoms with Crippen molar-refractivity contribution in [3.05, 3.63) is 82.9 Å². The van der Waals surface area contributed by atoms with Gasteiger partial charge in [0.1, 0.15) is 0 Å². The summed E-state index contributed by atoms with van der Waals surface area (Å²) >= 11 is 5.84. The Hall–Kier alpha value is -2.70. The number of nitrogens with zero attached hydrogens (tertiary/aromatic N) is 4. The number of aromatic nitrogens is 2. The van der Waals surface area contributed by atoms with Crippen molar-refractivity contribution in [3.63, 3.8) is 0 Å². The zero-order valence-electron chi connectivity index (χ0n) is 20.4. The number of hydrogen-bond acceptors (Lipinski definition) is 3. The largest absolute Gasteiger partial charge is 0.352 e. The van der Waals surface area contributed by atoms with E-state index >= 15 is 0 Å². The SMILES string of the molecule is CCc1ccc(-n2c(C)cc([C@@H]3[C@@H](c4ccccn4)NC(=S)N3CCCN(C)C)c2C)cc1. The maximum atomic E-state index is 5.84. The summed E-state index contributed by atoms with van der Waals surface area (Å²) in [6.45, 7) is 8.55. The average Bonchev–Trinajstić information content (AvgIpc) is 3.29. The summed E-state index contributed by atoms with van der Waals surface area (Å²) in [4.78, 5) is 9.28. The first-order valence-corrected chi connectivity index (χ1v) is 12.2. The van der Waals surface area contributed by atoms with Crippen LogP contribution in [0.15, 0.2) is 54.7 Å². The lowest BCUT2D eigenvalue weighted by atomic mass is 9.96. The van der Waals surface area contributed by atoms with Crippen LogP contribution in [0, 0.1) is 13.8 Å². The van der Waals surface area contributed by atoms with Crippen LogP contribution >= 0.6 is 12.2 Å². The van der Waals surface area contributed by atoms with Gasteiger partial charge in [0.05, 0.1) is 17.8 Å². The van der Waals surface area contributed by atoms with Gasteiger partial charge in [-0.15, -0.1) is 0 Å². The van der Waals surface area contributed by atoms with Gasteiger partial charge in [0.15, 0.2) is 5.11 Å². The quantitative estimate of drug-likeness (QED) is 0.479. The van der Waals surface area contributed by atoms with E-state index in [-0.39, 0.29) is 12.1 Å². The molecule has 0 saturated carbocycles. The Labute approximate surface area is 203 Å². The summed E-state index contributed by atoms with van der Waals surface area (Å²) in [6.07, 6.45) is 3.97. The number of nitrogens with one attached hydrogen (secondary N) is 1. The van der Waals surface area contributed by atoms with Crippen molar-refractivity contribution in [1.29, 1.82) is 0 Å². The summed E-state index contributed by atoms with van der Waals surface area (Å²) in [5.41, 5.74) is 7.38. The first-order valence-electron chi connectivity index (χ1n) is 11.8. The van der Waals surface area contributed by atoms with E-state index in [1.54, 1.807) is 0 Å². The molecule has 4 rings (SSSR count). The molecule has 3 heterocycles. The number of benzene rings is 1. The highest BCUT2D eigenvalue weighted by molar-refractivity contribution is 7.80. The maximum Gasteiger partial charge on any atom is 0.170 e. The Morgan fingerprint density at radius 2 is 1.85 bits per heavy atom. The molecule has 1 aliphatic rings. The van der Waals surface area contributed by atoms with Crippen LogP contribution < -0.4 is 5.32 Å². The van der Waals surface area contributed by atoms with Crippen molar-refractivity contribution in [2.75, 3.05) is 27.2 Å². The maximum absolute atomic E-state index is 5.84. The van der Waals surface area contributed by atoms with Gasteiger partial charge in [-0.05, 0) is 101 Å². The molecule has 0 spiro atoms. The van der Waals surface area contributed by atoms with Crippen LogP contribution in [0.2, 0.25) is 0 Å². The standard InChI is InChI=1S/C27H35N5S/c1-6-21-11-13-22(14-12-21)32-19(2)18-23(20(32)3)26-25(24-10-7-8-15-28-24)29-27(33)31(26)17-9-16-30(4)5/h7-8,10-15,18,25-26H,6,9,16-17H2,1-5H3,(H,29,33)/t25-,26-/m1/s1. The van der Waals surface area contributed by atoms with Crippen molar-refractivity contribution >= 4 is 17.3 Å². The summed E-state index contributed by atoms with van der Waals surface area (Å²) in [6, 6.07) is 17.5. The Bertz CT molecular complexity index is 1090. The third-order valence-corrected chi connectivity index (χ3v) is 6.95. The number of aryl methyl sites for hydroxylation is 2. The fraction of sp³-hybridized carbons (Fsp3) is 0.407. The van der Waals surface area contributed by atoms with Crippen LogP contribution in [0.5, 0.6) is 0 Å².